The lowest BCUT2D eigenvalue weighted by molar-refractivity contribution is -0.192. The number of aromatic nitrogens is 4. The Kier molecular flexibility index (Phi) is 3.78. The van der Waals surface area contributed by atoms with Crippen molar-refractivity contribution in [1.29, 1.82) is 5.26 Å². The minimum atomic E-state index is -5.08. The fourth-order valence-electron chi connectivity index (χ4n) is 0.855. The first-order valence-corrected chi connectivity index (χ1v) is 4.22. The number of aliphatic carboxylic acids is 1. The number of hydrogen-bond donors (Lipinski definition) is 2. The fraction of sp³-hybridized carbons (Fsp3) is 0.125. The molecule has 2 N–H and O–H groups in total. The largest absolute Gasteiger partial charge is 0.490 e. The highest BCUT2D eigenvalue weighted by atomic mass is 19.4. The molecular formula is C8H4F3N5O2. The Balaban J connectivity index is 0.000000203. The van der Waals surface area contributed by atoms with E-state index >= 15 is 0 Å². The van der Waals surface area contributed by atoms with Gasteiger partial charge in [0.25, 0.3) is 0 Å². The number of nitrogens with zero attached hydrogens (tertiary/aromatic N) is 4. The van der Waals surface area contributed by atoms with Crippen molar-refractivity contribution in [3.63, 3.8) is 0 Å². The fourth-order valence-corrected chi connectivity index (χ4v) is 0.855. The van der Waals surface area contributed by atoms with E-state index in [-0.39, 0.29) is 0 Å². The molecule has 0 amide bonds. The highest BCUT2D eigenvalue weighted by molar-refractivity contribution is 5.77. The first-order valence-electron chi connectivity index (χ1n) is 4.22. The molecule has 2 heterocycles. The molecule has 0 aromatic carbocycles. The second kappa shape index (κ2) is 5.09. The van der Waals surface area contributed by atoms with E-state index in [1.165, 1.54) is 6.20 Å². The van der Waals surface area contributed by atoms with E-state index in [0.29, 0.717) is 16.7 Å². The van der Waals surface area contributed by atoms with E-state index in [1.54, 1.807) is 6.07 Å². The van der Waals surface area contributed by atoms with E-state index in [2.05, 4.69) is 20.4 Å². The van der Waals surface area contributed by atoms with Crippen molar-refractivity contribution in [3.8, 4) is 6.07 Å². The van der Waals surface area contributed by atoms with Crippen LogP contribution >= 0.6 is 0 Å². The monoisotopic (exact) mass is 259 g/mol. The molecule has 0 aliphatic carbocycles. The number of carbonyl (C=O) groups is 1. The average Bonchev–Trinajstić information content (AvgIpc) is 2.76. The lowest BCUT2D eigenvalue weighted by atomic mass is 10.3. The number of carboxylic acids is 1. The molecule has 0 fully saturated rings. The van der Waals surface area contributed by atoms with Crippen LogP contribution in [0.5, 0.6) is 0 Å². The SMILES string of the molecule is N#Cc1nccc2n[nH]nc12.O=C(O)C(F)(F)F. The summed E-state index contributed by atoms with van der Waals surface area (Å²) in [7, 11) is 0. The Hall–Kier alpha value is -2.70. The van der Waals surface area contributed by atoms with Crippen LogP contribution in [0.15, 0.2) is 12.3 Å². The number of H-pyrrole nitrogens is 1. The third kappa shape index (κ3) is 3.14. The summed E-state index contributed by atoms with van der Waals surface area (Å²) in [5.41, 5.74) is 1.49. The molecule has 7 nitrogen and oxygen atoms in total. The van der Waals surface area contributed by atoms with Crippen LogP contribution in [0.3, 0.4) is 0 Å². The van der Waals surface area contributed by atoms with E-state index in [9.17, 15) is 13.2 Å². The number of nitrogens with one attached hydrogen (secondary N) is 1. The van der Waals surface area contributed by atoms with Gasteiger partial charge in [0.2, 0.25) is 0 Å². The number of aromatic amines is 1. The summed E-state index contributed by atoms with van der Waals surface area (Å²) in [6.07, 6.45) is -3.55. The van der Waals surface area contributed by atoms with E-state index in [0.717, 1.165) is 0 Å². The molecule has 0 bridgehead atoms. The molecule has 94 valence electrons. The van der Waals surface area contributed by atoms with Crippen molar-refractivity contribution in [2.45, 2.75) is 6.18 Å². The van der Waals surface area contributed by atoms with Crippen molar-refractivity contribution in [2.24, 2.45) is 0 Å². The summed E-state index contributed by atoms with van der Waals surface area (Å²) >= 11 is 0. The summed E-state index contributed by atoms with van der Waals surface area (Å²) in [4.78, 5) is 12.7. The standard InChI is InChI=1S/C6H3N5.C2HF3O2/c7-3-5-6-4(1-2-8-5)9-11-10-6;3-2(4,5)1(6)7/h1-2H,(H,9,10,11);(H,6,7). The number of nitriles is 1. The predicted molar refractivity (Wildman–Crippen MR) is 50.1 cm³/mol. The summed E-state index contributed by atoms with van der Waals surface area (Å²) in [5, 5.41) is 25.7. The maximum atomic E-state index is 10.6. The maximum absolute atomic E-state index is 10.6. The van der Waals surface area contributed by atoms with Gasteiger partial charge in [-0.1, -0.05) is 0 Å². The van der Waals surface area contributed by atoms with Crippen molar-refractivity contribution >= 4 is 17.0 Å². The number of halogens is 3. The van der Waals surface area contributed by atoms with Crippen LogP contribution in [-0.4, -0.2) is 37.6 Å². The first-order chi connectivity index (χ1) is 8.36. The van der Waals surface area contributed by atoms with Crippen LogP contribution in [0.25, 0.3) is 11.0 Å². The lowest BCUT2D eigenvalue weighted by Gasteiger charge is -1.93. The molecule has 0 saturated heterocycles. The lowest BCUT2D eigenvalue weighted by Crippen LogP contribution is -2.21. The normalized spacial score (nSPS) is 10.3. The van der Waals surface area contributed by atoms with Crippen molar-refractivity contribution in [2.75, 3.05) is 0 Å². The Morgan fingerprint density at radius 2 is 2.06 bits per heavy atom. The van der Waals surface area contributed by atoms with Crippen molar-refractivity contribution in [3.05, 3.63) is 18.0 Å². The highest BCUT2D eigenvalue weighted by Gasteiger charge is 2.38. The minimum Gasteiger partial charge on any atom is -0.475 e. The first kappa shape index (κ1) is 13.4. The molecule has 0 aliphatic heterocycles. The van der Waals surface area contributed by atoms with Crippen molar-refractivity contribution in [1.82, 2.24) is 20.4 Å². The third-order valence-corrected chi connectivity index (χ3v) is 1.58. The second-order valence-electron chi connectivity index (χ2n) is 2.77. The van der Waals surface area contributed by atoms with E-state index < -0.39 is 12.1 Å². The maximum Gasteiger partial charge on any atom is 0.490 e. The van der Waals surface area contributed by atoms with Crippen LogP contribution in [0, 0.1) is 11.3 Å². The van der Waals surface area contributed by atoms with Crippen molar-refractivity contribution < 1.29 is 23.1 Å². The zero-order valence-corrected chi connectivity index (χ0v) is 8.43. The molecule has 0 radical (unpaired) electrons. The molecule has 18 heavy (non-hydrogen) atoms. The van der Waals surface area contributed by atoms with Crippen LogP contribution in [0.1, 0.15) is 5.69 Å². The zero-order valence-electron chi connectivity index (χ0n) is 8.43. The molecule has 0 unspecified atom stereocenters. The summed E-state index contributed by atoms with van der Waals surface area (Å²) in [6, 6.07) is 3.62. The molecule has 0 aliphatic rings. The summed E-state index contributed by atoms with van der Waals surface area (Å²) in [6.45, 7) is 0. The molecule has 0 atom stereocenters. The quantitative estimate of drug-likeness (QED) is 0.724. The van der Waals surface area contributed by atoms with Gasteiger partial charge in [-0.15, -0.1) is 0 Å². The van der Waals surface area contributed by atoms with E-state index in [4.69, 9.17) is 15.2 Å². The Morgan fingerprint density at radius 1 is 1.44 bits per heavy atom. The average molecular weight is 259 g/mol. The van der Waals surface area contributed by atoms with Gasteiger partial charge in [-0.3, -0.25) is 0 Å². The van der Waals surface area contributed by atoms with Crippen LogP contribution < -0.4 is 0 Å². The minimum absolute atomic E-state index is 0.302. The van der Waals surface area contributed by atoms with Gasteiger partial charge in [0.05, 0.1) is 0 Å². The van der Waals surface area contributed by atoms with Gasteiger partial charge in [-0.2, -0.15) is 33.8 Å². The zero-order chi connectivity index (χ0) is 13.8. The number of rotatable bonds is 0. The number of fused-ring (bicyclic) bond motifs is 1. The summed E-state index contributed by atoms with van der Waals surface area (Å²) < 4.78 is 31.7. The topological polar surface area (TPSA) is 116 Å². The predicted octanol–water partition coefficient (Wildman–Crippen LogP) is 0.858. The molecule has 0 spiro atoms. The van der Waals surface area contributed by atoms with Crippen LogP contribution in [0.2, 0.25) is 0 Å². The summed E-state index contributed by atoms with van der Waals surface area (Å²) in [5.74, 6) is -2.76. The molecule has 2 rings (SSSR count). The Bertz CT molecular complexity index is 601. The van der Waals surface area contributed by atoms with Gasteiger partial charge >= 0.3 is 12.1 Å². The highest BCUT2D eigenvalue weighted by Crippen LogP contribution is 2.13. The molecule has 2 aromatic rings. The van der Waals surface area contributed by atoms with Gasteiger partial charge in [0, 0.05) is 6.20 Å². The molecule has 10 heteroatoms. The van der Waals surface area contributed by atoms with E-state index in [1.807, 2.05) is 6.07 Å². The van der Waals surface area contributed by atoms with Gasteiger partial charge in [0.1, 0.15) is 17.1 Å². The van der Waals surface area contributed by atoms with Gasteiger partial charge in [0.15, 0.2) is 5.69 Å². The van der Waals surface area contributed by atoms with Gasteiger partial charge < -0.3 is 5.11 Å². The number of hydrogen-bond acceptors (Lipinski definition) is 5. The van der Waals surface area contributed by atoms with Crippen LogP contribution in [-0.2, 0) is 4.79 Å². The third-order valence-electron chi connectivity index (χ3n) is 1.58. The van der Waals surface area contributed by atoms with Crippen LogP contribution in [0.4, 0.5) is 13.2 Å². The Labute approximate surface area is 96.9 Å². The molecule has 2 aromatic heterocycles. The second-order valence-corrected chi connectivity index (χ2v) is 2.77. The molecular weight excluding hydrogens is 255 g/mol. The Morgan fingerprint density at radius 3 is 2.56 bits per heavy atom. The smallest absolute Gasteiger partial charge is 0.475 e. The molecule has 0 saturated carbocycles. The van der Waals surface area contributed by atoms with Gasteiger partial charge in [-0.25, -0.2) is 9.78 Å². The number of alkyl halides is 3. The number of pyridine rings is 1. The number of carboxylic acid groups (broad SMARTS) is 1. The van der Waals surface area contributed by atoms with Gasteiger partial charge in [-0.05, 0) is 6.07 Å².